The zero-order valence-corrected chi connectivity index (χ0v) is 12.9. The van der Waals surface area contributed by atoms with Crippen molar-refractivity contribution in [3.63, 3.8) is 0 Å². The van der Waals surface area contributed by atoms with Crippen molar-refractivity contribution >= 4 is 16.1 Å². The lowest BCUT2D eigenvalue weighted by atomic mass is 10.1. The zero-order chi connectivity index (χ0) is 14.8. The number of nitrogens with two attached hydrogens (primary N) is 1. The van der Waals surface area contributed by atoms with Gasteiger partial charge in [0.2, 0.25) is 5.91 Å². The van der Waals surface area contributed by atoms with Gasteiger partial charge in [0.1, 0.15) is 0 Å². The largest absolute Gasteiger partial charge is 0.369 e. The maximum Gasteiger partial charge on any atom is 0.282 e. The fourth-order valence-corrected chi connectivity index (χ4v) is 5.36. The second-order valence-corrected chi connectivity index (χ2v) is 7.75. The molecule has 6 nitrogen and oxygen atoms in total. The molecule has 116 valence electrons. The second-order valence-electron chi connectivity index (χ2n) is 5.91. The van der Waals surface area contributed by atoms with E-state index in [1.165, 1.54) is 4.31 Å². The summed E-state index contributed by atoms with van der Waals surface area (Å²) in [6, 6.07) is -0.0628. The minimum atomic E-state index is -3.59. The first-order valence-corrected chi connectivity index (χ1v) is 8.89. The Morgan fingerprint density at radius 2 is 1.80 bits per heavy atom. The number of amides is 1. The number of carbonyl (C=O) groups excluding carboxylic acids is 1. The van der Waals surface area contributed by atoms with Crippen LogP contribution in [-0.2, 0) is 15.0 Å². The van der Waals surface area contributed by atoms with Gasteiger partial charge in [0.15, 0.2) is 0 Å². The Morgan fingerprint density at radius 1 is 1.20 bits per heavy atom. The number of primary amides is 1. The molecular formula is C13H25N3O3S. The van der Waals surface area contributed by atoms with Gasteiger partial charge >= 0.3 is 0 Å². The van der Waals surface area contributed by atoms with E-state index in [-0.39, 0.29) is 18.6 Å². The third-order valence-electron chi connectivity index (χ3n) is 4.38. The number of piperidine rings is 1. The van der Waals surface area contributed by atoms with Gasteiger partial charge in [0.05, 0.1) is 6.54 Å². The topological polar surface area (TPSA) is 83.7 Å². The Hall–Kier alpha value is -0.660. The standard InChI is InChI=1S/C13H25N3O3S/c1-11-6-4-5-9-15(11)20(18,19)16(10-13(14)17)12-7-2-3-8-12/h11-12H,2-10H2,1H3,(H2,14,17)/t11-/m1/s1. The summed E-state index contributed by atoms with van der Waals surface area (Å²) < 4.78 is 28.6. The third kappa shape index (κ3) is 3.32. The molecule has 1 saturated heterocycles. The Bertz CT molecular complexity index is 446. The second kappa shape index (κ2) is 6.41. The van der Waals surface area contributed by atoms with Crippen LogP contribution in [0.5, 0.6) is 0 Å². The van der Waals surface area contributed by atoms with Gasteiger partial charge in [-0.25, -0.2) is 0 Å². The Balaban J connectivity index is 2.22. The van der Waals surface area contributed by atoms with Crippen LogP contribution in [0.15, 0.2) is 0 Å². The van der Waals surface area contributed by atoms with Crippen molar-refractivity contribution in [2.45, 2.75) is 64.0 Å². The summed E-state index contributed by atoms with van der Waals surface area (Å²) in [7, 11) is -3.59. The lowest BCUT2D eigenvalue weighted by Crippen LogP contribution is -2.54. The van der Waals surface area contributed by atoms with Crippen LogP contribution in [0.25, 0.3) is 0 Å². The SMILES string of the molecule is C[C@@H]1CCCCN1S(=O)(=O)N(CC(N)=O)C1CCCC1. The molecule has 0 unspecified atom stereocenters. The van der Waals surface area contributed by atoms with E-state index in [9.17, 15) is 13.2 Å². The Kier molecular flexibility index (Phi) is 5.04. The highest BCUT2D eigenvalue weighted by Crippen LogP contribution is 2.29. The smallest absolute Gasteiger partial charge is 0.282 e. The molecule has 1 amide bonds. The lowest BCUT2D eigenvalue weighted by Gasteiger charge is -2.38. The lowest BCUT2D eigenvalue weighted by molar-refractivity contribution is -0.118. The third-order valence-corrected chi connectivity index (χ3v) is 6.53. The number of nitrogens with zero attached hydrogens (tertiary/aromatic N) is 2. The highest BCUT2D eigenvalue weighted by Gasteiger charge is 2.39. The van der Waals surface area contributed by atoms with Crippen molar-refractivity contribution in [2.75, 3.05) is 13.1 Å². The molecule has 0 aromatic heterocycles. The number of hydrogen-bond acceptors (Lipinski definition) is 3. The summed E-state index contributed by atoms with van der Waals surface area (Å²) in [5.74, 6) is -0.579. The molecule has 0 aromatic rings. The summed E-state index contributed by atoms with van der Waals surface area (Å²) in [4.78, 5) is 11.3. The minimum absolute atomic E-state index is 0.00512. The molecule has 2 fully saturated rings. The Labute approximate surface area is 121 Å². The maximum absolute atomic E-state index is 12.9. The van der Waals surface area contributed by atoms with Crippen molar-refractivity contribution in [3.05, 3.63) is 0 Å². The van der Waals surface area contributed by atoms with Gasteiger partial charge in [-0.05, 0) is 32.6 Å². The van der Waals surface area contributed by atoms with Crippen LogP contribution in [0.1, 0.15) is 51.9 Å². The Morgan fingerprint density at radius 3 is 2.35 bits per heavy atom. The zero-order valence-electron chi connectivity index (χ0n) is 12.1. The summed E-state index contributed by atoms with van der Waals surface area (Å²) in [6.45, 7) is 2.29. The van der Waals surface area contributed by atoms with Gasteiger partial charge in [-0.3, -0.25) is 4.79 Å². The van der Waals surface area contributed by atoms with E-state index in [0.29, 0.717) is 6.54 Å². The molecule has 0 bridgehead atoms. The molecule has 1 aliphatic heterocycles. The van der Waals surface area contributed by atoms with Crippen LogP contribution in [0.4, 0.5) is 0 Å². The molecular weight excluding hydrogens is 278 g/mol. The highest BCUT2D eigenvalue weighted by atomic mass is 32.2. The first-order valence-electron chi connectivity index (χ1n) is 7.50. The van der Waals surface area contributed by atoms with Gasteiger partial charge in [0, 0.05) is 18.6 Å². The van der Waals surface area contributed by atoms with E-state index < -0.39 is 16.1 Å². The number of rotatable bonds is 5. The predicted octanol–water partition coefficient (Wildman–Crippen LogP) is 0.835. The van der Waals surface area contributed by atoms with Crippen molar-refractivity contribution < 1.29 is 13.2 Å². The predicted molar refractivity (Wildman–Crippen MR) is 77.1 cm³/mol. The average Bonchev–Trinajstić information content (AvgIpc) is 2.89. The van der Waals surface area contributed by atoms with Gasteiger partial charge in [-0.15, -0.1) is 0 Å². The normalized spacial score (nSPS) is 26.2. The number of carbonyl (C=O) groups is 1. The molecule has 1 heterocycles. The fourth-order valence-electron chi connectivity index (χ4n) is 3.29. The van der Waals surface area contributed by atoms with Gasteiger partial charge in [-0.2, -0.15) is 17.0 Å². The summed E-state index contributed by atoms with van der Waals surface area (Å²) in [5, 5.41) is 0. The molecule has 0 radical (unpaired) electrons. The van der Waals surface area contributed by atoms with Crippen LogP contribution in [0, 0.1) is 0 Å². The van der Waals surface area contributed by atoms with Crippen LogP contribution in [0.3, 0.4) is 0 Å². The minimum Gasteiger partial charge on any atom is -0.369 e. The number of hydrogen-bond donors (Lipinski definition) is 1. The van der Waals surface area contributed by atoms with E-state index in [2.05, 4.69) is 0 Å². The molecule has 2 aliphatic rings. The van der Waals surface area contributed by atoms with Crippen molar-refractivity contribution in [2.24, 2.45) is 5.73 Å². The van der Waals surface area contributed by atoms with E-state index in [0.717, 1.165) is 44.9 Å². The van der Waals surface area contributed by atoms with Crippen LogP contribution in [-0.4, -0.2) is 48.1 Å². The van der Waals surface area contributed by atoms with E-state index in [1.807, 2.05) is 6.92 Å². The van der Waals surface area contributed by atoms with Crippen molar-refractivity contribution in [3.8, 4) is 0 Å². The van der Waals surface area contributed by atoms with Crippen molar-refractivity contribution in [1.29, 1.82) is 0 Å². The molecule has 1 saturated carbocycles. The first kappa shape index (κ1) is 15.7. The van der Waals surface area contributed by atoms with Gasteiger partial charge in [0.25, 0.3) is 10.2 Å². The molecule has 20 heavy (non-hydrogen) atoms. The molecule has 0 spiro atoms. The van der Waals surface area contributed by atoms with Crippen LogP contribution >= 0.6 is 0 Å². The molecule has 2 rings (SSSR count). The van der Waals surface area contributed by atoms with Crippen LogP contribution < -0.4 is 5.73 Å². The highest BCUT2D eigenvalue weighted by molar-refractivity contribution is 7.86. The monoisotopic (exact) mass is 303 g/mol. The molecule has 7 heteroatoms. The molecule has 1 atom stereocenters. The van der Waals surface area contributed by atoms with E-state index in [1.54, 1.807) is 4.31 Å². The quantitative estimate of drug-likeness (QED) is 0.816. The molecule has 2 N–H and O–H groups in total. The average molecular weight is 303 g/mol. The first-order chi connectivity index (χ1) is 9.43. The van der Waals surface area contributed by atoms with Crippen LogP contribution in [0.2, 0.25) is 0 Å². The summed E-state index contributed by atoms with van der Waals surface area (Å²) in [6.07, 6.45) is 6.53. The summed E-state index contributed by atoms with van der Waals surface area (Å²) >= 11 is 0. The van der Waals surface area contributed by atoms with Gasteiger partial charge < -0.3 is 5.73 Å². The molecule has 1 aliphatic carbocycles. The fraction of sp³-hybridized carbons (Fsp3) is 0.923. The molecule has 0 aromatic carbocycles. The maximum atomic E-state index is 12.9. The van der Waals surface area contributed by atoms with E-state index >= 15 is 0 Å². The van der Waals surface area contributed by atoms with Crippen molar-refractivity contribution in [1.82, 2.24) is 8.61 Å². The van der Waals surface area contributed by atoms with E-state index in [4.69, 9.17) is 5.73 Å². The summed E-state index contributed by atoms with van der Waals surface area (Å²) in [5.41, 5.74) is 5.26. The van der Waals surface area contributed by atoms with Gasteiger partial charge in [-0.1, -0.05) is 19.3 Å².